The Balaban J connectivity index is 1.39. The summed E-state index contributed by atoms with van der Waals surface area (Å²) in [5.41, 5.74) is 2.84. The fourth-order valence-corrected chi connectivity index (χ4v) is 3.22. The lowest BCUT2D eigenvalue weighted by molar-refractivity contribution is -0.139. The standard InChI is InChI=1S/C22H22BrFN4O5/c23-15-5-8-19(18(24)10-15)27-20(29)13-33-16-6-3-14(4-7-16)11-26-28-22(31)21(30)25-12-17-2-1-9-32-17/h3-8,10-11,17H,1-2,9,12-13H2,(H,25,30)(H,27,29)(H,28,31)/b26-11-/t17-/m0/s1. The molecule has 3 rings (SSSR count). The number of anilines is 1. The van der Waals surface area contributed by atoms with E-state index in [4.69, 9.17) is 9.47 Å². The fourth-order valence-electron chi connectivity index (χ4n) is 2.88. The molecule has 1 aliphatic heterocycles. The van der Waals surface area contributed by atoms with Crippen molar-refractivity contribution in [1.82, 2.24) is 10.7 Å². The van der Waals surface area contributed by atoms with Gasteiger partial charge in [-0.15, -0.1) is 0 Å². The number of benzene rings is 2. The molecule has 0 aromatic heterocycles. The summed E-state index contributed by atoms with van der Waals surface area (Å²) in [6, 6.07) is 10.8. The summed E-state index contributed by atoms with van der Waals surface area (Å²) >= 11 is 3.15. The first kappa shape index (κ1) is 24.3. The van der Waals surface area contributed by atoms with E-state index in [-0.39, 0.29) is 24.9 Å². The van der Waals surface area contributed by atoms with Crippen LogP contribution in [0.4, 0.5) is 10.1 Å². The van der Waals surface area contributed by atoms with E-state index in [9.17, 15) is 18.8 Å². The maximum absolute atomic E-state index is 13.8. The van der Waals surface area contributed by atoms with Gasteiger partial charge in [0.15, 0.2) is 6.61 Å². The van der Waals surface area contributed by atoms with Crippen molar-refractivity contribution in [3.05, 3.63) is 58.3 Å². The molecule has 33 heavy (non-hydrogen) atoms. The van der Waals surface area contributed by atoms with Crippen molar-refractivity contribution in [3.8, 4) is 5.75 Å². The van der Waals surface area contributed by atoms with Crippen LogP contribution in [0.2, 0.25) is 0 Å². The zero-order chi connectivity index (χ0) is 23.6. The number of nitrogens with one attached hydrogen (secondary N) is 3. The van der Waals surface area contributed by atoms with Crippen LogP contribution in [-0.4, -0.2) is 49.8 Å². The van der Waals surface area contributed by atoms with Crippen molar-refractivity contribution in [2.24, 2.45) is 5.10 Å². The third-order valence-electron chi connectivity index (χ3n) is 4.56. The molecule has 3 N–H and O–H groups in total. The monoisotopic (exact) mass is 520 g/mol. The number of nitrogens with zero attached hydrogens (tertiary/aromatic N) is 1. The van der Waals surface area contributed by atoms with E-state index in [1.165, 1.54) is 18.3 Å². The topological polar surface area (TPSA) is 118 Å². The Morgan fingerprint density at radius 1 is 1.18 bits per heavy atom. The Morgan fingerprint density at radius 3 is 2.67 bits per heavy atom. The zero-order valence-electron chi connectivity index (χ0n) is 17.5. The molecule has 1 saturated heterocycles. The molecule has 174 valence electrons. The van der Waals surface area contributed by atoms with Crippen LogP contribution in [0.1, 0.15) is 18.4 Å². The molecule has 0 spiro atoms. The molecule has 1 heterocycles. The van der Waals surface area contributed by atoms with Gasteiger partial charge in [0.25, 0.3) is 5.91 Å². The van der Waals surface area contributed by atoms with Crippen molar-refractivity contribution >= 4 is 45.6 Å². The van der Waals surface area contributed by atoms with E-state index in [2.05, 4.69) is 37.1 Å². The number of ether oxygens (including phenoxy) is 2. The van der Waals surface area contributed by atoms with Gasteiger partial charge in [0.1, 0.15) is 11.6 Å². The SMILES string of the molecule is O=C(COc1ccc(/C=N\NC(=O)C(=O)NC[C@@H]2CCCO2)cc1)Nc1ccc(Br)cc1F. The number of hydrogen-bond donors (Lipinski definition) is 3. The van der Waals surface area contributed by atoms with Gasteiger partial charge in [-0.2, -0.15) is 5.10 Å². The average Bonchev–Trinajstić information content (AvgIpc) is 3.32. The Labute approximate surface area is 197 Å². The van der Waals surface area contributed by atoms with Crippen molar-refractivity contribution in [3.63, 3.8) is 0 Å². The lowest BCUT2D eigenvalue weighted by Crippen LogP contribution is -2.41. The average molecular weight is 521 g/mol. The molecule has 1 atom stereocenters. The van der Waals surface area contributed by atoms with E-state index in [1.54, 1.807) is 30.3 Å². The Morgan fingerprint density at radius 2 is 1.97 bits per heavy atom. The van der Waals surface area contributed by atoms with Crippen LogP contribution in [-0.2, 0) is 19.1 Å². The molecule has 2 aromatic carbocycles. The predicted octanol–water partition coefficient (Wildman–Crippen LogP) is 2.35. The van der Waals surface area contributed by atoms with Gasteiger partial charge in [-0.25, -0.2) is 9.82 Å². The highest BCUT2D eigenvalue weighted by Crippen LogP contribution is 2.19. The van der Waals surface area contributed by atoms with Crippen LogP contribution in [0.25, 0.3) is 0 Å². The van der Waals surface area contributed by atoms with Gasteiger partial charge in [-0.3, -0.25) is 14.4 Å². The molecule has 0 unspecified atom stereocenters. The zero-order valence-corrected chi connectivity index (χ0v) is 19.1. The van der Waals surface area contributed by atoms with Gasteiger partial charge in [0, 0.05) is 17.6 Å². The fraction of sp³-hybridized carbons (Fsp3) is 0.273. The van der Waals surface area contributed by atoms with Crippen LogP contribution in [0.3, 0.4) is 0 Å². The van der Waals surface area contributed by atoms with E-state index in [1.807, 2.05) is 0 Å². The molecule has 11 heteroatoms. The van der Waals surface area contributed by atoms with Crippen LogP contribution < -0.4 is 20.8 Å². The lowest BCUT2D eigenvalue weighted by Gasteiger charge is -2.09. The third-order valence-corrected chi connectivity index (χ3v) is 5.05. The number of carbonyl (C=O) groups is 3. The summed E-state index contributed by atoms with van der Waals surface area (Å²) in [6.07, 6.45) is 3.10. The maximum atomic E-state index is 13.8. The first-order valence-corrected chi connectivity index (χ1v) is 10.9. The normalized spacial score (nSPS) is 15.3. The number of rotatable bonds is 8. The van der Waals surface area contributed by atoms with Gasteiger partial charge < -0.3 is 20.1 Å². The molecular weight excluding hydrogens is 499 g/mol. The van der Waals surface area contributed by atoms with Crippen LogP contribution in [0, 0.1) is 5.82 Å². The minimum Gasteiger partial charge on any atom is -0.484 e. The summed E-state index contributed by atoms with van der Waals surface area (Å²) in [5, 5.41) is 8.68. The van der Waals surface area contributed by atoms with Crippen molar-refractivity contribution in [1.29, 1.82) is 0 Å². The van der Waals surface area contributed by atoms with Gasteiger partial charge in [-0.05, 0) is 60.9 Å². The second-order valence-corrected chi connectivity index (χ2v) is 7.99. The van der Waals surface area contributed by atoms with E-state index in [0.717, 1.165) is 12.8 Å². The number of hydrogen-bond acceptors (Lipinski definition) is 6. The third kappa shape index (κ3) is 7.95. The Kier molecular flexibility index (Phi) is 8.90. The molecule has 0 bridgehead atoms. The van der Waals surface area contributed by atoms with Crippen molar-refractivity contribution in [2.75, 3.05) is 25.1 Å². The number of carbonyl (C=O) groups excluding carboxylic acids is 3. The molecule has 0 radical (unpaired) electrons. The summed E-state index contributed by atoms with van der Waals surface area (Å²) in [6.45, 7) is 0.646. The molecular formula is C22H22BrFN4O5. The van der Waals surface area contributed by atoms with Gasteiger partial charge in [0.05, 0.1) is 18.0 Å². The quantitative estimate of drug-likeness (QED) is 0.280. The summed E-state index contributed by atoms with van der Waals surface area (Å²) in [4.78, 5) is 35.4. The minimum absolute atomic E-state index is 0.0564. The van der Waals surface area contributed by atoms with Crippen LogP contribution in [0.15, 0.2) is 52.0 Å². The lowest BCUT2D eigenvalue weighted by atomic mass is 10.2. The van der Waals surface area contributed by atoms with E-state index in [0.29, 0.717) is 22.4 Å². The number of hydrazone groups is 1. The Bertz CT molecular complexity index is 1030. The maximum Gasteiger partial charge on any atom is 0.329 e. The molecule has 2 aromatic rings. The number of amides is 3. The minimum atomic E-state index is -0.877. The molecule has 0 aliphatic carbocycles. The summed E-state index contributed by atoms with van der Waals surface area (Å²) < 4.78 is 25.1. The van der Waals surface area contributed by atoms with E-state index >= 15 is 0 Å². The highest BCUT2D eigenvalue weighted by molar-refractivity contribution is 9.10. The highest BCUT2D eigenvalue weighted by Gasteiger charge is 2.19. The van der Waals surface area contributed by atoms with Crippen molar-refractivity contribution in [2.45, 2.75) is 18.9 Å². The van der Waals surface area contributed by atoms with Crippen LogP contribution >= 0.6 is 15.9 Å². The molecule has 0 saturated carbocycles. The molecule has 1 fully saturated rings. The highest BCUT2D eigenvalue weighted by atomic mass is 79.9. The van der Waals surface area contributed by atoms with Crippen molar-refractivity contribution < 1.29 is 28.2 Å². The Hall–Kier alpha value is -3.31. The molecule has 9 nitrogen and oxygen atoms in total. The van der Waals surface area contributed by atoms with Gasteiger partial charge in [0.2, 0.25) is 0 Å². The number of halogens is 2. The van der Waals surface area contributed by atoms with Gasteiger partial charge >= 0.3 is 11.8 Å². The molecule has 1 aliphatic rings. The smallest absolute Gasteiger partial charge is 0.329 e. The van der Waals surface area contributed by atoms with E-state index < -0.39 is 23.5 Å². The predicted molar refractivity (Wildman–Crippen MR) is 122 cm³/mol. The van der Waals surface area contributed by atoms with Gasteiger partial charge in [-0.1, -0.05) is 15.9 Å². The first-order chi connectivity index (χ1) is 15.9. The first-order valence-electron chi connectivity index (χ1n) is 10.1. The molecule has 3 amide bonds. The summed E-state index contributed by atoms with van der Waals surface area (Å²) in [7, 11) is 0. The summed E-state index contributed by atoms with van der Waals surface area (Å²) in [5.74, 6) is -2.32. The van der Waals surface area contributed by atoms with Crippen LogP contribution in [0.5, 0.6) is 5.75 Å². The second-order valence-electron chi connectivity index (χ2n) is 7.07. The second kappa shape index (κ2) is 12.1. The largest absolute Gasteiger partial charge is 0.484 e.